The van der Waals surface area contributed by atoms with Crippen LogP contribution < -0.4 is 10.6 Å². The average Bonchev–Trinajstić information content (AvgIpc) is 3.28. The monoisotopic (exact) mass is 381 g/mol. The first kappa shape index (κ1) is 18.4. The molecule has 2 aromatic heterocycles. The van der Waals surface area contributed by atoms with Crippen LogP contribution in [0.3, 0.4) is 0 Å². The van der Waals surface area contributed by atoms with Gasteiger partial charge in [-0.25, -0.2) is 4.98 Å². The Labute approximate surface area is 162 Å². The number of hydrogen-bond donors (Lipinski definition) is 4. The minimum atomic E-state index is -0.185. The molecule has 0 aliphatic carbocycles. The van der Waals surface area contributed by atoms with E-state index in [1.807, 2.05) is 13.8 Å². The minimum Gasteiger partial charge on any atom is -0.508 e. The number of nitrogens with one attached hydrogen (secondary N) is 3. The lowest BCUT2D eigenvalue weighted by molar-refractivity contribution is 0.0545. The number of nitrogens with zero attached hydrogens (tertiary/aromatic N) is 2. The van der Waals surface area contributed by atoms with Gasteiger partial charge >= 0.3 is 0 Å². The smallest absolute Gasteiger partial charge is 0.252 e. The summed E-state index contributed by atoms with van der Waals surface area (Å²) in [6.45, 7) is 5.78. The third-order valence-electron chi connectivity index (χ3n) is 4.97. The maximum Gasteiger partial charge on any atom is 0.252 e. The second kappa shape index (κ2) is 7.57. The highest BCUT2D eigenvalue weighted by Gasteiger charge is 2.30. The van der Waals surface area contributed by atoms with Gasteiger partial charge in [0.2, 0.25) is 0 Å². The third-order valence-corrected chi connectivity index (χ3v) is 4.97. The molecule has 1 aromatic carbocycles. The molecule has 2 unspecified atom stereocenters. The van der Waals surface area contributed by atoms with Crippen molar-refractivity contribution in [3.8, 4) is 17.0 Å². The van der Waals surface area contributed by atoms with E-state index in [1.165, 1.54) is 0 Å². The lowest BCUT2D eigenvalue weighted by atomic mass is 10.0. The lowest BCUT2D eigenvalue weighted by Crippen LogP contribution is -2.44. The van der Waals surface area contributed by atoms with E-state index in [9.17, 15) is 9.90 Å². The van der Waals surface area contributed by atoms with Crippen molar-refractivity contribution in [1.29, 1.82) is 0 Å². The van der Waals surface area contributed by atoms with Gasteiger partial charge in [0.25, 0.3) is 5.91 Å². The molecule has 0 spiro atoms. The van der Waals surface area contributed by atoms with Gasteiger partial charge in [-0.3, -0.25) is 9.89 Å². The molecule has 1 saturated heterocycles. The molecule has 1 amide bonds. The Bertz CT molecular complexity index is 999. The number of carbonyl (C=O) groups excluding carboxylic acids is 1. The predicted octanol–water partition coefficient (Wildman–Crippen LogP) is 1.75. The average molecular weight is 381 g/mol. The minimum absolute atomic E-state index is 0.0479. The molecule has 4 rings (SSSR count). The quantitative estimate of drug-likeness (QED) is 0.536. The number of pyridine rings is 1. The van der Waals surface area contributed by atoms with Crippen LogP contribution in [0.5, 0.6) is 5.75 Å². The fraction of sp³-hybridized carbons (Fsp3) is 0.350. The topological polar surface area (TPSA) is 112 Å². The normalized spacial score (nSPS) is 19.2. The van der Waals surface area contributed by atoms with Crippen molar-refractivity contribution in [2.24, 2.45) is 0 Å². The first-order valence-corrected chi connectivity index (χ1v) is 9.35. The van der Waals surface area contributed by atoms with Gasteiger partial charge in [-0.1, -0.05) is 0 Å². The van der Waals surface area contributed by atoms with Crippen LogP contribution in [0.15, 0.2) is 30.3 Å². The summed E-state index contributed by atoms with van der Waals surface area (Å²) >= 11 is 0. The highest BCUT2D eigenvalue weighted by Crippen LogP contribution is 2.27. The Morgan fingerprint density at radius 2 is 2.11 bits per heavy atom. The van der Waals surface area contributed by atoms with E-state index >= 15 is 0 Å². The highest BCUT2D eigenvalue weighted by molar-refractivity contribution is 6.07. The SMILES string of the molecule is CCOC1CNCC1NC(=O)c1cc(-c2ccc(O)cc2)nc2[nH]nc(C)c12. The third kappa shape index (κ3) is 3.44. The molecule has 2 atom stereocenters. The summed E-state index contributed by atoms with van der Waals surface area (Å²) in [4.78, 5) is 17.7. The molecule has 8 nitrogen and oxygen atoms in total. The van der Waals surface area contributed by atoms with Crippen molar-refractivity contribution in [1.82, 2.24) is 25.8 Å². The van der Waals surface area contributed by atoms with Crippen LogP contribution >= 0.6 is 0 Å². The number of phenols is 1. The number of amides is 1. The number of phenolic OH excluding ortho intramolecular Hbond substituents is 1. The molecular formula is C20H23N5O3. The molecule has 0 saturated carbocycles. The molecule has 3 aromatic rings. The number of rotatable bonds is 5. The Morgan fingerprint density at radius 1 is 1.32 bits per heavy atom. The van der Waals surface area contributed by atoms with Gasteiger partial charge < -0.3 is 20.5 Å². The van der Waals surface area contributed by atoms with Crippen molar-refractivity contribution in [2.75, 3.05) is 19.7 Å². The number of ether oxygens (including phenoxy) is 1. The summed E-state index contributed by atoms with van der Waals surface area (Å²) in [5, 5.41) is 23.7. The van der Waals surface area contributed by atoms with Crippen molar-refractivity contribution < 1.29 is 14.6 Å². The summed E-state index contributed by atoms with van der Waals surface area (Å²) in [5.74, 6) is -0.00814. The van der Waals surface area contributed by atoms with Gasteiger partial charge in [0.15, 0.2) is 5.65 Å². The van der Waals surface area contributed by atoms with Crippen molar-refractivity contribution in [2.45, 2.75) is 26.0 Å². The van der Waals surface area contributed by atoms with E-state index in [1.54, 1.807) is 30.3 Å². The van der Waals surface area contributed by atoms with Gasteiger partial charge in [0.1, 0.15) is 5.75 Å². The zero-order chi connectivity index (χ0) is 19.7. The predicted molar refractivity (Wildman–Crippen MR) is 105 cm³/mol. The molecule has 1 fully saturated rings. The number of aromatic nitrogens is 3. The molecule has 0 bridgehead atoms. The highest BCUT2D eigenvalue weighted by atomic mass is 16.5. The molecule has 4 N–H and O–H groups in total. The largest absolute Gasteiger partial charge is 0.508 e. The maximum absolute atomic E-state index is 13.1. The number of aryl methyl sites for hydroxylation is 1. The van der Waals surface area contributed by atoms with Crippen LogP contribution in [0.25, 0.3) is 22.3 Å². The summed E-state index contributed by atoms with van der Waals surface area (Å²) in [6.07, 6.45) is -0.0479. The molecule has 28 heavy (non-hydrogen) atoms. The molecular weight excluding hydrogens is 358 g/mol. The summed E-state index contributed by atoms with van der Waals surface area (Å²) in [7, 11) is 0. The zero-order valence-electron chi connectivity index (χ0n) is 15.8. The number of aromatic hydroxyl groups is 1. The van der Waals surface area contributed by atoms with E-state index in [-0.39, 0.29) is 23.8 Å². The van der Waals surface area contributed by atoms with Crippen molar-refractivity contribution in [3.63, 3.8) is 0 Å². The van der Waals surface area contributed by atoms with E-state index < -0.39 is 0 Å². The molecule has 0 radical (unpaired) electrons. The van der Waals surface area contributed by atoms with E-state index in [0.29, 0.717) is 42.0 Å². The molecule has 3 heterocycles. The summed E-state index contributed by atoms with van der Waals surface area (Å²) in [6, 6.07) is 8.39. The molecule has 146 valence electrons. The standard InChI is InChI=1S/C20H23N5O3/c1-3-28-17-10-21-9-16(17)23-20(27)14-8-15(12-4-6-13(26)7-5-12)22-19-18(14)11(2)24-25-19/h4-8,16-17,21,26H,3,9-10H2,1-2H3,(H,23,27)(H,22,24,25). The van der Waals surface area contributed by atoms with E-state index in [2.05, 4.69) is 25.8 Å². The Kier molecular flexibility index (Phi) is 4.97. The number of fused-ring (bicyclic) bond motifs is 1. The van der Waals surface area contributed by atoms with E-state index in [4.69, 9.17) is 4.74 Å². The summed E-state index contributed by atoms with van der Waals surface area (Å²) < 4.78 is 5.72. The van der Waals surface area contributed by atoms with Crippen molar-refractivity contribution in [3.05, 3.63) is 41.6 Å². The second-order valence-corrected chi connectivity index (χ2v) is 6.87. The van der Waals surface area contributed by atoms with Gasteiger partial charge in [-0.05, 0) is 44.2 Å². The molecule has 8 heteroatoms. The number of carbonyl (C=O) groups is 1. The Balaban J connectivity index is 1.71. The van der Waals surface area contributed by atoms with E-state index in [0.717, 1.165) is 11.3 Å². The van der Waals surface area contributed by atoms with Gasteiger partial charge in [-0.15, -0.1) is 0 Å². The first-order chi connectivity index (χ1) is 13.6. The van der Waals surface area contributed by atoms with Crippen LogP contribution in [-0.4, -0.2) is 58.0 Å². The van der Waals surface area contributed by atoms with Crippen LogP contribution in [0.4, 0.5) is 0 Å². The fourth-order valence-electron chi connectivity index (χ4n) is 3.58. The summed E-state index contributed by atoms with van der Waals surface area (Å²) in [5.41, 5.74) is 3.22. The van der Waals surface area contributed by atoms with Gasteiger partial charge in [0.05, 0.1) is 34.5 Å². The van der Waals surface area contributed by atoms with Crippen LogP contribution in [0.1, 0.15) is 23.0 Å². The maximum atomic E-state index is 13.1. The molecule has 1 aliphatic heterocycles. The van der Waals surface area contributed by atoms with Crippen LogP contribution in [0.2, 0.25) is 0 Å². The second-order valence-electron chi connectivity index (χ2n) is 6.87. The Hall–Kier alpha value is -2.97. The number of hydrogen-bond acceptors (Lipinski definition) is 6. The van der Waals surface area contributed by atoms with Crippen LogP contribution in [0, 0.1) is 6.92 Å². The fourth-order valence-corrected chi connectivity index (χ4v) is 3.58. The first-order valence-electron chi connectivity index (χ1n) is 9.35. The van der Waals surface area contributed by atoms with Gasteiger partial charge in [0, 0.05) is 25.3 Å². The molecule has 1 aliphatic rings. The number of H-pyrrole nitrogens is 1. The van der Waals surface area contributed by atoms with Gasteiger partial charge in [-0.2, -0.15) is 5.10 Å². The lowest BCUT2D eigenvalue weighted by Gasteiger charge is -2.20. The van der Waals surface area contributed by atoms with Crippen molar-refractivity contribution >= 4 is 16.9 Å². The van der Waals surface area contributed by atoms with Crippen LogP contribution in [-0.2, 0) is 4.74 Å². The number of aromatic amines is 1. The number of benzene rings is 1. The Morgan fingerprint density at radius 3 is 2.86 bits per heavy atom. The zero-order valence-corrected chi connectivity index (χ0v) is 15.8.